The molecule has 5 heteroatoms. The number of aliphatic hydroxyl groups excluding tert-OH is 1. The molecule has 1 heterocycles. The number of nitrogens with zero attached hydrogens (tertiary/aromatic N) is 1. The second-order valence-electron chi connectivity index (χ2n) is 7.20. The lowest BCUT2D eigenvalue weighted by Crippen LogP contribution is -2.47. The summed E-state index contributed by atoms with van der Waals surface area (Å²) in [4.78, 5) is 2.11. The number of hydrogen-bond acceptors (Lipinski definition) is 2. The van der Waals surface area contributed by atoms with Crippen LogP contribution in [0.25, 0.3) is 0 Å². The Balaban J connectivity index is 1.84. The Morgan fingerprint density at radius 2 is 1.75 bits per heavy atom. The monoisotopic (exact) mass is 293 g/mol. The number of hydrogen-bond donors (Lipinski definition) is 1. The smallest absolute Gasteiger partial charge is 0.391 e. The molecule has 0 aromatic carbocycles. The van der Waals surface area contributed by atoms with Gasteiger partial charge in [-0.3, -0.25) is 0 Å². The Hall–Kier alpha value is -0.290. The summed E-state index contributed by atoms with van der Waals surface area (Å²) in [5.41, 5.74) is -0.0623. The lowest BCUT2D eigenvalue weighted by atomic mass is 9.69. The van der Waals surface area contributed by atoms with Gasteiger partial charge in [-0.2, -0.15) is 13.2 Å². The van der Waals surface area contributed by atoms with E-state index in [0.717, 1.165) is 25.8 Å². The van der Waals surface area contributed by atoms with Gasteiger partial charge in [0.25, 0.3) is 0 Å². The van der Waals surface area contributed by atoms with Crippen molar-refractivity contribution in [2.24, 2.45) is 17.3 Å². The fourth-order valence-electron chi connectivity index (χ4n) is 3.73. The molecule has 118 valence electrons. The van der Waals surface area contributed by atoms with Crippen LogP contribution in [0.15, 0.2) is 0 Å². The summed E-state index contributed by atoms with van der Waals surface area (Å²) in [5, 5.41) is 10.4. The van der Waals surface area contributed by atoms with Crippen LogP contribution in [0.4, 0.5) is 13.2 Å². The number of piperidine rings is 1. The normalized spacial score (nSPS) is 33.3. The molecule has 0 spiro atoms. The minimum atomic E-state index is -4.04. The Morgan fingerprint density at radius 1 is 1.15 bits per heavy atom. The van der Waals surface area contributed by atoms with Gasteiger partial charge in [-0.15, -0.1) is 0 Å². The van der Waals surface area contributed by atoms with Gasteiger partial charge in [-0.25, -0.2) is 0 Å². The molecule has 1 saturated carbocycles. The number of likely N-dealkylation sites (tertiary alicyclic amines) is 1. The predicted octanol–water partition coefficient (Wildman–Crippen LogP) is 3.45. The standard InChI is InChI=1S/C15H26F3NO/c1-14(2)7-3-4-11(13(14)20)10-19-8-5-12(6-9-19)15(16,17)18/h11-13,20H,3-10H2,1-2H3. The van der Waals surface area contributed by atoms with E-state index in [0.29, 0.717) is 13.1 Å². The fraction of sp³-hybridized carbons (Fsp3) is 1.00. The van der Waals surface area contributed by atoms with Gasteiger partial charge in [0.15, 0.2) is 0 Å². The van der Waals surface area contributed by atoms with E-state index in [1.807, 2.05) is 0 Å². The maximum Gasteiger partial charge on any atom is 0.391 e. The second kappa shape index (κ2) is 5.84. The predicted molar refractivity (Wildman–Crippen MR) is 72.3 cm³/mol. The van der Waals surface area contributed by atoms with Crippen molar-refractivity contribution >= 4 is 0 Å². The van der Waals surface area contributed by atoms with Crippen molar-refractivity contribution in [2.75, 3.05) is 19.6 Å². The zero-order valence-electron chi connectivity index (χ0n) is 12.4. The van der Waals surface area contributed by atoms with Crippen LogP contribution < -0.4 is 0 Å². The maximum atomic E-state index is 12.6. The topological polar surface area (TPSA) is 23.5 Å². The lowest BCUT2D eigenvalue weighted by Gasteiger charge is -2.43. The average Bonchev–Trinajstić information content (AvgIpc) is 2.34. The van der Waals surface area contributed by atoms with E-state index in [1.165, 1.54) is 0 Å². The van der Waals surface area contributed by atoms with Crippen LogP contribution >= 0.6 is 0 Å². The first-order valence-electron chi connectivity index (χ1n) is 7.67. The van der Waals surface area contributed by atoms with E-state index in [2.05, 4.69) is 18.7 Å². The molecule has 2 fully saturated rings. The van der Waals surface area contributed by atoms with Gasteiger partial charge in [0, 0.05) is 6.54 Å². The first-order chi connectivity index (χ1) is 9.20. The quantitative estimate of drug-likeness (QED) is 0.843. The molecule has 0 amide bonds. The van der Waals surface area contributed by atoms with Crippen molar-refractivity contribution < 1.29 is 18.3 Å². The zero-order valence-corrected chi connectivity index (χ0v) is 12.4. The summed E-state index contributed by atoms with van der Waals surface area (Å²) < 4.78 is 37.9. The third kappa shape index (κ3) is 3.67. The molecule has 2 unspecified atom stereocenters. The van der Waals surface area contributed by atoms with Crippen LogP contribution in [0, 0.1) is 17.3 Å². The van der Waals surface area contributed by atoms with E-state index in [-0.39, 0.29) is 30.3 Å². The molecule has 2 nitrogen and oxygen atoms in total. The first kappa shape index (κ1) is 16.1. The Morgan fingerprint density at radius 3 is 2.30 bits per heavy atom. The third-order valence-corrected chi connectivity index (χ3v) is 5.19. The minimum absolute atomic E-state index is 0.0623. The van der Waals surface area contributed by atoms with Gasteiger partial charge < -0.3 is 10.0 Å². The lowest BCUT2D eigenvalue weighted by molar-refractivity contribution is -0.185. The van der Waals surface area contributed by atoms with Crippen LogP contribution in [0.3, 0.4) is 0 Å². The van der Waals surface area contributed by atoms with E-state index >= 15 is 0 Å². The molecule has 1 N–H and O–H groups in total. The molecule has 0 bridgehead atoms. The number of alkyl halides is 3. The molecule has 1 aliphatic carbocycles. The molecule has 2 aliphatic rings. The molecule has 2 rings (SSSR count). The molecule has 0 aromatic rings. The zero-order chi connectivity index (χ0) is 15.0. The summed E-state index contributed by atoms with van der Waals surface area (Å²) in [6.07, 6.45) is -0.848. The van der Waals surface area contributed by atoms with Gasteiger partial charge >= 0.3 is 6.18 Å². The van der Waals surface area contributed by atoms with E-state index in [9.17, 15) is 18.3 Å². The SMILES string of the molecule is CC1(C)CCCC(CN2CCC(C(F)(F)F)CC2)C1O. The van der Waals surface area contributed by atoms with Crippen molar-refractivity contribution in [3.05, 3.63) is 0 Å². The van der Waals surface area contributed by atoms with Crippen LogP contribution in [-0.4, -0.2) is 41.9 Å². The van der Waals surface area contributed by atoms with Gasteiger partial charge in [-0.1, -0.05) is 20.3 Å². The summed E-state index contributed by atoms with van der Waals surface area (Å²) in [5.74, 6) is -0.923. The van der Waals surface area contributed by atoms with E-state index in [1.54, 1.807) is 0 Å². The Kier molecular flexibility index (Phi) is 4.69. The maximum absolute atomic E-state index is 12.6. The van der Waals surface area contributed by atoms with Crippen LogP contribution in [-0.2, 0) is 0 Å². The van der Waals surface area contributed by atoms with Crippen molar-refractivity contribution in [2.45, 2.75) is 58.2 Å². The van der Waals surface area contributed by atoms with E-state index < -0.39 is 12.1 Å². The highest BCUT2D eigenvalue weighted by Crippen LogP contribution is 2.40. The number of aliphatic hydroxyl groups is 1. The molecular formula is C15H26F3NO. The molecule has 1 aliphatic heterocycles. The first-order valence-corrected chi connectivity index (χ1v) is 7.67. The molecule has 2 atom stereocenters. The van der Waals surface area contributed by atoms with Crippen molar-refractivity contribution in [3.63, 3.8) is 0 Å². The summed E-state index contributed by atoms with van der Waals surface area (Å²) in [6.45, 7) is 5.93. The van der Waals surface area contributed by atoms with Crippen molar-refractivity contribution in [1.82, 2.24) is 4.90 Å². The van der Waals surface area contributed by atoms with Crippen LogP contribution in [0.2, 0.25) is 0 Å². The second-order valence-corrected chi connectivity index (χ2v) is 7.20. The van der Waals surface area contributed by atoms with Gasteiger partial charge in [0.1, 0.15) is 0 Å². The largest absolute Gasteiger partial charge is 0.392 e. The van der Waals surface area contributed by atoms with Gasteiger partial charge in [0.2, 0.25) is 0 Å². The molecule has 1 saturated heterocycles. The van der Waals surface area contributed by atoms with E-state index in [4.69, 9.17) is 0 Å². The van der Waals surface area contributed by atoms with Crippen LogP contribution in [0.1, 0.15) is 46.0 Å². The highest BCUT2D eigenvalue weighted by Gasteiger charge is 2.42. The van der Waals surface area contributed by atoms with Crippen molar-refractivity contribution in [1.29, 1.82) is 0 Å². The van der Waals surface area contributed by atoms with Gasteiger partial charge in [0.05, 0.1) is 12.0 Å². The van der Waals surface area contributed by atoms with Crippen molar-refractivity contribution in [3.8, 4) is 0 Å². The molecule has 0 radical (unpaired) electrons. The third-order valence-electron chi connectivity index (χ3n) is 5.19. The highest BCUT2D eigenvalue weighted by molar-refractivity contribution is 4.90. The summed E-state index contributed by atoms with van der Waals surface area (Å²) in [7, 11) is 0. The Labute approximate surface area is 119 Å². The summed E-state index contributed by atoms with van der Waals surface area (Å²) >= 11 is 0. The van der Waals surface area contributed by atoms with Crippen LogP contribution in [0.5, 0.6) is 0 Å². The molecule has 20 heavy (non-hydrogen) atoms. The average molecular weight is 293 g/mol. The number of halogens is 3. The van der Waals surface area contributed by atoms with Gasteiger partial charge in [-0.05, 0) is 50.1 Å². The number of rotatable bonds is 2. The molecular weight excluding hydrogens is 267 g/mol. The molecule has 0 aromatic heterocycles. The highest BCUT2D eigenvalue weighted by atomic mass is 19.4. The fourth-order valence-corrected chi connectivity index (χ4v) is 3.73. The summed E-state index contributed by atoms with van der Waals surface area (Å²) in [6, 6.07) is 0. The minimum Gasteiger partial charge on any atom is -0.392 e. The Bertz CT molecular complexity index is 322.